The highest BCUT2D eigenvalue weighted by molar-refractivity contribution is 6.42. The van der Waals surface area contributed by atoms with Crippen LogP contribution in [0.2, 0.25) is 10.0 Å². The molecule has 3 rings (SSSR count). The van der Waals surface area contributed by atoms with Crippen LogP contribution in [0, 0.1) is 25.2 Å². The van der Waals surface area contributed by atoms with E-state index in [1.807, 2.05) is 38.1 Å². The van der Waals surface area contributed by atoms with Crippen molar-refractivity contribution in [1.82, 2.24) is 0 Å². The fraction of sp³-hybridized carbons (Fsp3) is 0.154. The highest BCUT2D eigenvalue weighted by Crippen LogP contribution is 2.28. The van der Waals surface area contributed by atoms with Gasteiger partial charge in [-0.05, 0) is 90.7 Å². The lowest BCUT2D eigenvalue weighted by Gasteiger charge is -2.14. The van der Waals surface area contributed by atoms with Gasteiger partial charge in [0.2, 0.25) is 0 Å². The van der Waals surface area contributed by atoms with E-state index in [1.165, 1.54) is 0 Å². The van der Waals surface area contributed by atoms with E-state index in [0.29, 0.717) is 28.1 Å². The second-order valence-electron chi connectivity index (χ2n) is 7.37. The Kier molecular flexibility index (Phi) is 8.00. The number of rotatable bonds is 7. The quantitative estimate of drug-likeness (QED) is 0.300. The summed E-state index contributed by atoms with van der Waals surface area (Å²) in [5, 5.41) is 13.2. The first-order valence-electron chi connectivity index (χ1n) is 10.1. The van der Waals surface area contributed by atoms with Crippen molar-refractivity contribution in [3.63, 3.8) is 0 Å². The molecule has 1 amide bonds. The van der Waals surface area contributed by atoms with Gasteiger partial charge in [0.15, 0.2) is 0 Å². The number of hydrogen-bond acceptors (Lipinski definition) is 4. The molecule has 0 heterocycles. The van der Waals surface area contributed by atoms with Crippen LogP contribution in [0.1, 0.15) is 22.3 Å². The lowest BCUT2D eigenvalue weighted by molar-refractivity contribution is -0.112. The molecular weight excluding hydrogens is 459 g/mol. The minimum absolute atomic E-state index is 0.00547. The van der Waals surface area contributed by atoms with Crippen LogP contribution in [0.4, 0.5) is 5.69 Å². The molecule has 0 spiro atoms. The van der Waals surface area contributed by atoms with E-state index >= 15 is 0 Å². The molecule has 0 aliphatic carbocycles. The lowest BCUT2D eigenvalue weighted by Crippen LogP contribution is -2.13. The molecule has 0 aliphatic rings. The van der Waals surface area contributed by atoms with Crippen molar-refractivity contribution in [3.8, 4) is 17.6 Å². The monoisotopic (exact) mass is 480 g/mol. The summed E-state index contributed by atoms with van der Waals surface area (Å²) in [6, 6.07) is 18.0. The molecule has 3 aromatic rings. The maximum Gasteiger partial charge on any atom is 0.266 e. The first-order chi connectivity index (χ1) is 15.8. The Hall–Kier alpha value is -3.46. The highest BCUT2D eigenvalue weighted by atomic mass is 35.5. The van der Waals surface area contributed by atoms with Crippen LogP contribution < -0.4 is 14.8 Å². The first-order valence-corrected chi connectivity index (χ1v) is 10.8. The number of carbonyl (C=O) groups excluding carboxylic acids is 1. The molecule has 3 aromatic carbocycles. The van der Waals surface area contributed by atoms with E-state index in [9.17, 15) is 10.1 Å². The highest BCUT2D eigenvalue weighted by Gasteiger charge is 2.12. The molecule has 0 atom stereocenters. The number of aryl methyl sites for hydroxylation is 2. The third kappa shape index (κ3) is 6.29. The number of hydrogen-bond donors (Lipinski definition) is 1. The number of methoxy groups -OCH3 is 1. The van der Waals surface area contributed by atoms with E-state index < -0.39 is 5.91 Å². The largest absolute Gasteiger partial charge is 0.497 e. The summed E-state index contributed by atoms with van der Waals surface area (Å²) in [7, 11) is 1.57. The molecule has 0 unspecified atom stereocenters. The predicted octanol–water partition coefficient (Wildman–Crippen LogP) is 6.74. The number of ether oxygens (including phenoxy) is 2. The summed E-state index contributed by atoms with van der Waals surface area (Å²) < 4.78 is 11.1. The number of benzene rings is 3. The van der Waals surface area contributed by atoms with Gasteiger partial charge in [-0.2, -0.15) is 5.26 Å². The van der Waals surface area contributed by atoms with Crippen LogP contribution in [0.3, 0.4) is 0 Å². The summed E-state index contributed by atoms with van der Waals surface area (Å²) in [6.45, 7) is 4.16. The van der Waals surface area contributed by atoms with Crippen LogP contribution >= 0.6 is 23.2 Å². The summed E-state index contributed by atoms with van der Waals surface area (Å²) in [4.78, 5) is 12.6. The Morgan fingerprint density at radius 3 is 2.27 bits per heavy atom. The van der Waals surface area contributed by atoms with E-state index in [1.54, 1.807) is 49.6 Å². The number of halogens is 2. The molecule has 5 nitrogen and oxygen atoms in total. The number of anilines is 1. The molecule has 0 aromatic heterocycles. The smallest absolute Gasteiger partial charge is 0.266 e. The average Bonchev–Trinajstić information content (AvgIpc) is 2.79. The van der Waals surface area contributed by atoms with Crippen molar-refractivity contribution < 1.29 is 14.3 Å². The lowest BCUT2D eigenvalue weighted by atomic mass is 10.0. The number of nitrogens with zero attached hydrogens (tertiary/aromatic N) is 1. The van der Waals surface area contributed by atoms with Gasteiger partial charge in [-0.25, -0.2) is 0 Å². The van der Waals surface area contributed by atoms with Gasteiger partial charge in [0.25, 0.3) is 5.91 Å². The fourth-order valence-electron chi connectivity index (χ4n) is 3.27. The molecular formula is C26H22Cl2N2O3. The minimum atomic E-state index is -0.488. The van der Waals surface area contributed by atoms with Gasteiger partial charge in [0.1, 0.15) is 29.7 Å². The van der Waals surface area contributed by atoms with Crippen LogP contribution in [-0.2, 0) is 11.4 Å². The van der Waals surface area contributed by atoms with Gasteiger partial charge in [0.05, 0.1) is 17.2 Å². The van der Waals surface area contributed by atoms with Crippen LogP contribution in [0.25, 0.3) is 6.08 Å². The zero-order chi connectivity index (χ0) is 24.0. The molecule has 0 aliphatic heterocycles. The third-order valence-electron chi connectivity index (χ3n) is 4.87. The molecule has 0 radical (unpaired) electrons. The topological polar surface area (TPSA) is 71.3 Å². The Labute approximate surface area is 203 Å². The Morgan fingerprint density at radius 1 is 1.03 bits per heavy atom. The van der Waals surface area contributed by atoms with Crippen molar-refractivity contribution in [2.45, 2.75) is 20.5 Å². The van der Waals surface area contributed by atoms with Crippen molar-refractivity contribution in [1.29, 1.82) is 5.26 Å². The number of carbonyl (C=O) groups is 1. The normalized spacial score (nSPS) is 11.0. The third-order valence-corrected chi connectivity index (χ3v) is 5.61. The molecule has 1 N–H and O–H groups in total. The van der Waals surface area contributed by atoms with E-state index in [4.69, 9.17) is 32.7 Å². The summed E-state index contributed by atoms with van der Waals surface area (Å²) >= 11 is 12.0. The van der Waals surface area contributed by atoms with Gasteiger partial charge in [-0.1, -0.05) is 29.3 Å². The standard InChI is InChI=1S/C26H22Cl2N2O3/c1-16-10-19(11-17(2)25(16)33-15-18-4-9-23(27)24(28)13-18)12-20(14-29)26(31)30-21-5-7-22(32-3)8-6-21/h4-13H,15H2,1-3H3,(H,30,31)/b20-12+. The van der Waals surface area contributed by atoms with Gasteiger partial charge >= 0.3 is 0 Å². The molecule has 0 fully saturated rings. The summed E-state index contributed by atoms with van der Waals surface area (Å²) in [6.07, 6.45) is 1.56. The number of nitrogens with one attached hydrogen (secondary N) is 1. The zero-order valence-electron chi connectivity index (χ0n) is 18.4. The number of amides is 1. The SMILES string of the molecule is COc1ccc(NC(=O)/C(C#N)=C/c2cc(C)c(OCc3ccc(Cl)c(Cl)c3)c(C)c2)cc1. The van der Waals surface area contributed by atoms with Gasteiger partial charge in [-0.3, -0.25) is 4.79 Å². The first kappa shape index (κ1) is 24.2. The average molecular weight is 481 g/mol. The second kappa shape index (κ2) is 10.9. The number of nitriles is 1. The van der Waals surface area contributed by atoms with Crippen molar-refractivity contribution in [2.75, 3.05) is 12.4 Å². The van der Waals surface area contributed by atoms with Crippen molar-refractivity contribution >= 4 is 40.9 Å². The van der Waals surface area contributed by atoms with Gasteiger partial charge < -0.3 is 14.8 Å². The van der Waals surface area contributed by atoms with Crippen LogP contribution in [-0.4, -0.2) is 13.0 Å². The molecule has 0 saturated heterocycles. The Bertz CT molecular complexity index is 1220. The molecule has 0 bridgehead atoms. The molecule has 7 heteroatoms. The van der Waals surface area contributed by atoms with Crippen LogP contribution in [0.5, 0.6) is 11.5 Å². The molecule has 0 saturated carbocycles. The fourth-order valence-corrected chi connectivity index (χ4v) is 3.59. The van der Waals surface area contributed by atoms with E-state index in [2.05, 4.69) is 5.32 Å². The Balaban J connectivity index is 1.75. The van der Waals surface area contributed by atoms with E-state index in [-0.39, 0.29) is 5.57 Å². The van der Waals surface area contributed by atoms with Gasteiger partial charge in [0, 0.05) is 5.69 Å². The zero-order valence-corrected chi connectivity index (χ0v) is 19.9. The summed E-state index contributed by atoms with van der Waals surface area (Å²) in [5.74, 6) is 0.925. The van der Waals surface area contributed by atoms with Gasteiger partial charge in [-0.15, -0.1) is 0 Å². The van der Waals surface area contributed by atoms with Crippen LogP contribution in [0.15, 0.2) is 60.2 Å². The molecule has 33 heavy (non-hydrogen) atoms. The molecule has 168 valence electrons. The van der Waals surface area contributed by atoms with Crippen molar-refractivity contribution in [2.24, 2.45) is 0 Å². The maximum absolute atomic E-state index is 12.6. The van der Waals surface area contributed by atoms with Crippen molar-refractivity contribution in [3.05, 3.63) is 92.5 Å². The van der Waals surface area contributed by atoms with E-state index in [0.717, 1.165) is 28.0 Å². The Morgan fingerprint density at radius 2 is 1.70 bits per heavy atom. The second-order valence-corrected chi connectivity index (χ2v) is 8.19. The minimum Gasteiger partial charge on any atom is -0.497 e. The maximum atomic E-state index is 12.6. The predicted molar refractivity (Wildman–Crippen MR) is 132 cm³/mol. The summed E-state index contributed by atoms with van der Waals surface area (Å²) in [5.41, 5.74) is 3.96.